The van der Waals surface area contributed by atoms with E-state index < -0.39 is 11.7 Å². The highest BCUT2D eigenvalue weighted by atomic mass is 16.6. The zero-order chi connectivity index (χ0) is 14.2. The van der Waals surface area contributed by atoms with E-state index in [0.29, 0.717) is 13.1 Å². The number of aliphatic hydroxyl groups excluding tert-OH is 1. The van der Waals surface area contributed by atoms with Gasteiger partial charge in [-0.25, -0.2) is 4.79 Å². The van der Waals surface area contributed by atoms with Crippen molar-refractivity contribution in [2.24, 2.45) is 0 Å². The topological polar surface area (TPSA) is 62.9 Å². The number of rotatable bonds is 1. The fourth-order valence-corrected chi connectivity index (χ4v) is 2.25. The molecule has 1 aliphatic heterocycles. The number of ether oxygens (including phenoxy) is 1. The minimum Gasteiger partial charge on any atom is -0.469 e. The number of β-amino-alcohol motifs (C(OH)–C–C–N with tert-alkyl or cyclic N) is 1. The molecule has 0 aliphatic carbocycles. The Bertz CT molecular complexity index is 460. The van der Waals surface area contributed by atoms with Crippen molar-refractivity contribution in [3.05, 3.63) is 23.7 Å². The maximum Gasteiger partial charge on any atom is 0.410 e. The Kier molecular flexibility index (Phi) is 3.58. The van der Waals surface area contributed by atoms with Gasteiger partial charge in [0.1, 0.15) is 11.4 Å². The summed E-state index contributed by atoms with van der Waals surface area (Å²) < 4.78 is 10.6. The third-order valence-electron chi connectivity index (χ3n) is 3.12. The van der Waals surface area contributed by atoms with Gasteiger partial charge in [0.15, 0.2) is 0 Å². The van der Waals surface area contributed by atoms with E-state index in [1.165, 1.54) is 0 Å². The second-order valence-electron chi connectivity index (χ2n) is 6.05. The molecule has 5 nitrogen and oxygen atoms in total. The lowest BCUT2D eigenvalue weighted by Gasteiger charge is -2.24. The van der Waals surface area contributed by atoms with Crippen molar-refractivity contribution in [3.63, 3.8) is 0 Å². The zero-order valence-corrected chi connectivity index (χ0v) is 11.8. The summed E-state index contributed by atoms with van der Waals surface area (Å²) in [5.74, 6) is 0.697. The molecule has 1 N–H and O–H groups in total. The molecule has 2 rings (SSSR count). The van der Waals surface area contributed by atoms with Crippen LogP contribution in [0.15, 0.2) is 16.7 Å². The second-order valence-corrected chi connectivity index (χ2v) is 6.05. The van der Waals surface area contributed by atoms with Gasteiger partial charge in [-0.3, -0.25) is 0 Å². The first-order valence-electron chi connectivity index (χ1n) is 6.47. The molecule has 0 spiro atoms. The molecule has 2 heterocycles. The van der Waals surface area contributed by atoms with E-state index in [1.54, 1.807) is 11.2 Å². The molecule has 2 unspecified atom stereocenters. The Labute approximate surface area is 113 Å². The zero-order valence-electron chi connectivity index (χ0n) is 11.8. The first-order chi connectivity index (χ1) is 8.76. The number of aliphatic hydroxyl groups is 1. The number of furan rings is 1. The summed E-state index contributed by atoms with van der Waals surface area (Å²) >= 11 is 0. The minimum atomic E-state index is -0.579. The average Bonchev–Trinajstić information content (AvgIpc) is 2.82. The van der Waals surface area contributed by atoms with Gasteiger partial charge in [-0.2, -0.15) is 0 Å². The van der Waals surface area contributed by atoms with Crippen LogP contribution in [0.4, 0.5) is 4.79 Å². The molecular weight excluding hydrogens is 246 g/mol. The molecule has 1 amide bonds. The molecule has 19 heavy (non-hydrogen) atoms. The van der Waals surface area contributed by atoms with Gasteiger partial charge in [-0.05, 0) is 39.3 Å². The predicted molar refractivity (Wildman–Crippen MR) is 70.0 cm³/mol. The van der Waals surface area contributed by atoms with E-state index in [2.05, 4.69) is 0 Å². The smallest absolute Gasteiger partial charge is 0.410 e. The van der Waals surface area contributed by atoms with Gasteiger partial charge in [-0.1, -0.05) is 0 Å². The molecule has 1 aromatic heterocycles. The van der Waals surface area contributed by atoms with Gasteiger partial charge in [0.2, 0.25) is 0 Å². The second kappa shape index (κ2) is 4.89. The van der Waals surface area contributed by atoms with Crippen molar-refractivity contribution in [2.45, 2.75) is 45.3 Å². The summed E-state index contributed by atoms with van der Waals surface area (Å²) in [4.78, 5) is 13.5. The van der Waals surface area contributed by atoms with Crippen molar-refractivity contribution in [1.82, 2.24) is 4.90 Å². The highest BCUT2D eigenvalue weighted by Gasteiger charge is 2.37. The van der Waals surface area contributed by atoms with E-state index in [1.807, 2.05) is 33.8 Å². The van der Waals surface area contributed by atoms with Gasteiger partial charge >= 0.3 is 6.09 Å². The Hall–Kier alpha value is -1.49. The number of hydrogen-bond acceptors (Lipinski definition) is 4. The van der Waals surface area contributed by atoms with Gasteiger partial charge in [-0.15, -0.1) is 0 Å². The van der Waals surface area contributed by atoms with E-state index >= 15 is 0 Å². The summed E-state index contributed by atoms with van der Waals surface area (Å²) in [6, 6.07) is 1.90. The molecule has 0 bridgehead atoms. The van der Waals surface area contributed by atoms with Crippen molar-refractivity contribution in [3.8, 4) is 0 Å². The summed E-state index contributed by atoms with van der Waals surface area (Å²) in [5.41, 5.74) is 0.405. The molecule has 0 radical (unpaired) electrons. The molecule has 1 fully saturated rings. The molecule has 0 saturated carbocycles. The van der Waals surface area contributed by atoms with Crippen molar-refractivity contribution in [1.29, 1.82) is 0 Å². The van der Waals surface area contributed by atoms with Crippen LogP contribution >= 0.6 is 0 Å². The van der Waals surface area contributed by atoms with E-state index in [4.69, 9.17) is 9.15 Å². The SMILES string of the molecule is Cc1cc(C2CN(C(=O)OC(C)(C)C)CC2O)co1. The lowest BCUT2D eigenvalue weighted by Crippen LogP contribution is -2.35. The molecule has 1 aliphatic rings. The predicted octanol–water partition coefficient (Wildman–Crippen LogP) is 2.28. The number of aryl methyl sites for hydroxylation is 1. The first kappa shape index (κ1) is 13.9. The van der Waals surface area contributed by atoms with Crippen molar-refractivity contribution < 1.29 is 19.1 Å². The summed E-state index contributed by atoms with van der Waals surface area (Å²) in [5, 5.41) is 10.1. The van der Waals surface area contributed by atoms with Crippen LogP contribution in [0.5, 0.6) is 0 Å². The van der Waals surface area contributed by atoms with Gasteiger partial charge in [0.05, 0.1) is 18.9 Å². The van der Waals surface area contributed by atoms with Crippen LogP contribution < -0.4 is 0 Å². The maximum absolute atomic E-state index is 12.0. The quantitative estimate of drug-likeness (QED) is 0.848. The Morgan fingerprint density at radius 3 is 2.68 bits per heavy atom. The summed E-state index contributed by atoms with van der Waals surface area (Å²) in [6.07, 6.45) is 0.681. The molecule has 106 valence electrons. The van der Waals surface area contributed by atoms with Crippen molar-refractivity contribution >= 4 is 6.09 Å². The number of likely N-dealkylation sites (tertiary alicyclic amines) is 1. The normalized spacial score (nSPS) is 23.7. The van der Waals surface area contributed by atoms with E-state index in [9.17, 15) is 9.90 Å². The lowest BCUT2D eigenvalue weighted by atomic mass is 9.99. The van der Waals surface area contributed by atoms with Crippen LogP contribution in [0.3, 0.4) is 0 Å². The van der Waals surface area contributed by atoms with Gasteiger partial charge in [0.25, 0.3) is 0 Å². The van der Waals surface area contributed by atoms with Crippen LogP contribution in [0.2, 0.25) is 0 Å². The standard InChI is InChI=1S/C14H21NO4/c1-9-5-10(8-18-9)11-6-15(7-12(11)16)13(17)19-14(2,3)4/h5,8,11-12,16H,6-7H2,1-4H3. The fourth-order valence-electron chi connectivity index (χ4n) is 2.25. The average molecular weight is 267 g/mol. The molecule has 1 saturated heterocycles. The number of carbonyl (C=O) groups excluding carboxylic acids is 1. The fraction of sp³-hybridized carbons (Fsp3) is 0.643. The molecular formula is C14H21NO4. The maximum atomic E-state index is 12.0. The van der Waals surface area contributed by atoms with Gasteiger partial charge < -0.3 is 19.2 Å². The van der Waals surface area contributed by atoms with E-state index in [-0.39, 0.29) is 12.0 Å². The van der Waals surface area contributed by atoms with Crippen molar-refractivity contribution in [2.75, 3.05) is 13.1 Å². The van der Waals surface area contributed by atoms with Crippen LogP contribution in [0, 0.1) is 6.92 Å². The number of carbonyl (C=O) groups is 1. The van der Waals surface area contributed by atoms with E-state index in [0.717, 1.165) is 11.3 Å². The number of nitrogens with zero attached hydrogens (tertiary/aromatic N) is 1. The molecule has 2 atom stereocenters. The van der Waals surface area contributed by atoms with Crippen LogP contribution in [0.25, 0.3) is 0 Å². The third-order valence-corrected chi connectivity index (χ3v) is 3.12. The summed E-state index contributed by atoms with van der Waals surface area (Å²) in [6.45, 7) is 8.09. The highest BCUT2D eigenvalue weighted by Crippen LogP contribution is 2.29. The number of amides is 1. The molecule has 5 heteroatoms. The first-order valence-corrected chi connectivity index (χ1v) is 6.47. The Morgan fingerprint density at radius 1 is 1.47 bits per heavy atom. The lowest BCUT2D eigenvalue weighted by molar-refractivity contribution is 0.0270. The monoisotopic (exact) mass is 267 g/mol. The number of hydrogen-bond donors (Lipinski definition) is 1. The third kappa shape index (κ3) is 3.29. The Balaban J connectivity index is 2.03. The van der Waals surface area contributed by atoms with Crippen LogP contribution in [-0.4, -0.2) is 40.9 Å². The molecule has 0 aromatic carbocycles. The van der Waals surface area contributed by atoms with Crippen LogP contribution in [0.1, 0.15) is 38.0 Å². The highest BCUT2D eigenvalue weighted by molar-refractivity contribution is 5.68. The summed E-state index contributed by atoms with van der Waals surface area (Å²) in [7, 11) is 0. The molecule has 1 aromatic rings. The van der Waals surface area contributed by atoms with Gasteiger partial charge in [0, 0.05) is 12.5 Å². The minimum absolute atomic E-state index is 0.107. The largest absolute Gasteiger partial charge is 0.469 e. The Morgan fingerprint density at radius 2 is 2.16 bits per heavy atom. The van der Waals surface area contributed by atoms with Crippen LogP contribution in [-0.2, 0) is 4.74 Å².